The molecule has 0 fully saturated rings. The topological polar surface area (TPSA) is 54.3 Å². The van der Waals surface area contributed by atoms with Gasteiger partial charge in [0.05, 0.1) is 17.1 Å². The fourth-order valence-electron chi connectivity index (χ4n) is 4.14. The first-order valence-electron chi connectivity index (χ1n) is 9.74. The van der Waals surface area contributed by atoms with Crippen molar-refractivity contribution in [3.05, 3.63) is 64.6 Å². The van der Waals surface area contributed by atoms with Crippen molar-refractivity contribution < 1.29 is 14.0 Å². The van der Waals surface area contributed by atoms with Gasteiger partial charge in [-0.15, -0.1) is 0 Å². The van der Waals surface area contributed by atoms with Crippen LogP contribution < -0.4 is 10.2 Å². The minimum Gasteiger partial charge on any atom is -0.349 e. The van der Waals surface area contributed by atoms with Gasteiger partial charge in [0.15, 0.2) is 6.04 Å². The molecule has 0 saturated carbocycles. The first kappa shape index (κ1) is 20.4. The van der Waals surface area contributed by atoms with Crippen molar-refractivity contribution in [2.45, 2.75) is 38.8 Å². The van der Waals surface area contributed by atoms with E-state index in [1.807, 2.05) is 56.7 Å². The maximum Gasteiger partial charge on any atom is 0.249 e. The molecule has 1 aromatic heterocycles. The predicted octanol–water partition coefficient (Wildman–Crippen LogP) is 4.52. The lowest BCUT2D eigenvalue weighted by atomic mass is 9.94. The Morgan fingerprint density at radius 2 is 1.90 bits per heavy atom. The number of benzene rings is 2. The molecular weight excluding hydrogens is 405 g/mol. The lowest BCUT2D eigenvalue weighted by molar-refractivity contribution is -0.128. The highest BCUT2D eigenvalue weighted by Gasteiger charge is 2.42. The number of hydrogen-bond donors (Lipinski definition) is 1. The lowest BCUT2D eigenvalue weighted by Crippen LogP contribution is -2.52. The van der Waals surface area contributed by atoms with Crippen LogP contribution in [0.1, 0.15) is 38.1 Å². The minimum absolute atomic E-state index is 0.0990. The molecule has 2 heterocycles. The molecule has 3 aromatic rings. The Balaban J connectivity index is 1.95. The first-order chi connectivity index (χ1) is 14.1. The molecular formula is C23H23ClFN3O2. The van der Waals surface area contributed by atoms with Crippen LogP contribution >= 0.6 is 11.6 Å². The summed E-state index contributed by atoms with van der Waals surface area (Å²) in [6.45, 7) is 5.66. The molecule has 7 heteroatoms. The van der Waals surface area contributed by atoms with Crippen molar-refractivity contribution in [2.75, 3.05) is 4.90 Å². The van der Waals surface area contributed by atoms with Crippen molar-refractivity contribution in [3.63, 3.8) is 0 Å². The SMILES string of the molecule is Cn1c2c(c3ccccc31)CC(=O)N(c1ccc(F)c(Cl)c1)C2C(=O)NC(C)(C)C. The predicted molar refractivity (Wildman–Crippen MR) is 116 cm³/mol. The zero-order valence-electron chi connectivity index (χ0n) is 17.3. The zero-order valence-corrected chi connectivity index (χ0v) is 18.0. The standard InChI is InChI=1S/C23H23ClFN3O2/c1-23(2,3)26-22(30)21-20-15(14-7-5-6-8-18(14)27(20)4)12-19(29)28(21)13-9-10-17(25)16(24)11-13/h5-11,21H,12H2,1-4H3,(H,26,30). The Bertz CT molecular complexity index is 1180. The van der Waals surface area contributed by atoms with Gasteiger partial charge in [-0.05, 0) is 50.6 Å². The van der Waals surface area contributed by atoms with Crippen molar-refractivity contribution in [3.8, 4) is 0 Å². The second-order valence-electron chi connectivity index (χ2n) is 8.62. The summed E-state index contributed by atoms with van der Waals surface area (Å²) in [6.07, 6.45) is 0.144. The fourth-order valence-corrected chi connectivity index (χ4v) is 4.31. The molecule has 1 N–H and O–H groups in total. The maximum absolute atomic E-state index is 13.8. The number of carbonyl (C=O) groups is 2. The Kier molecular flexibility index (Phi) is 4.85. The Morgan fingerprint density at radius 3 is 2.57 bits per heavy atom. The first-order valence-corrected chi connectivity index (χ1v) is 10.1. The quantitative estimate of drug-likeness (QED) is 0.654. The van der Waals surface area contributed by atoms with Gasteiger partial charge < -0.3 is 9.88 Å². The normalized spacial score (nSPS) is 16.7. The molecule has 4 rings (SSSR count). The van der Waals surface area contributed by atoms with E-state index in [2.05, 4.69) is 5.32 Å². The van der Waals surface area contributed by atoms with Gasteiger partial charge in [-0.1, -0.05) is 29.8 Å². The summed E-state index contributed by atoms with van der Waals surface area (Å²) in [5.74, 6) is -1.12. The van der Waals surface area contributed by atoms with Gasteiger partial charge >= 0.3 is 0 Å². The van der Waals surface area contributed by atoms with Crippen LogP contribution in [0.3, 0.4) is 0 Å². The zero-order chi connectivity index (χ0) is 21.8. The third kappa shape index (κ3) is 3.35. The van der Waals surface area contributed by atoms with Crippen molar-refractivity contribution in [1.29, 1.82) is 0 Å². The average molecular weight is 428 g/mol. The summed E-state index contributed by atoms with van der Waals surface area (Å²) in [5, 5.41) is 3.85. The van der Waals surface area contributed by atoms with Gasteiger partial charge in [0, 0.05) is 29.2 Å². The van der Waals surface area contributed by atoms with Crippen LogP contribution in [0.15, 0.2) is 42.5 Å². The number of para-hydroxylation sites is 1. The second kappa shape index (κ2) is 7.13. The molecule has 1 aliphatic rings. The highest BCUT2D eigenvalue weighted by atomic mass is 35.5. The number of halogens is 2. The number of nitrogens with zero attached hydrogens (tertiary/aromatic N) is 2. The van der Waals surface area contributed by atoms with Crippen LogP contribution in [0.25, 0.3) is 10.9 Å². The molecule has 0 radical (unpaired) electrons. The molecule has 156 valence electrons. The van der Waals surface area contributed by atoms with Crippen LogP contribution in [-0.2, 0) is 23.1 Å². The highest BCUT2D eigenvalue weighted by molar-refractivity contribution is 6.31. The molecule has 0 bridgehead atoms. The number of rotatable bonds is 2. The third-order valence-corrected chi connectivity index (χ3v) is 5.59. The van der Waals surface area contributed by atoms with Crippen molar-refractivity contribution >= 4 is 40.0 Å². The van der Waals surface area contributed by atoms with Crippen molar-refractivity contribution in [2.24, 2.45) is 7.05 Å². The molecule has 0 aliphatic carbocycles. The number of amides is 2. The van der Waals surface area contributed by atoms with Crippen LogP contribution in [0.4, 0.5) is 10.1 Å². The Hall–Kier alpha value is -2.86. The fraction of sp³-hybridized carbons (Fsp3) is 0.304. The Labute approximate surface area is 179 Å². The van der Waals surface area contributed by atoms with E-state index in [0.29, 0.717) is 5.69 Å². The number of carbonyl (C=O) groups excluding carboxylic acids is 2. The van der Waals surface area contributed by atoms with Crippen LogP contribution in [-0.4, -0.2) is 21.9 Å². The van der Waals surface area contributed by atoms with Gasteiger partial charge in [-0.25, -0.2) is 4.39 Å². The lowest BCUT2D eigenvalue weighted by Gasteiger charge is -2.37. The average Bonchev–Trinajstić information content (AvgIpc) is 2.94. The maximum atomic E-state index is 13.8. The number of aryl methyl sites for hydroxylation is 1. The van der Waals surface area contributed by atoms with E-state index in [9.17, 15) is 14.0 Å². The summed E-state index contributed by atoms with van der Waals surface area (Å²) in [7, 11) is 1.89. The third-order valence-electron chi connectivity index (χ3n) is 5.30. The molecule has 1 unspecified atom stereocenters. The van der Waals surface area contributed by atoms with Crippen LogP contribution in [0, 0.1) is 5.82 Å². The van der Waals surface area contributed by atoms with Crippen molar-refractivity contribution in [1.82, 2.24) is 9.88 Å². The number of hydrogen-bond acceptors (Lipinski definition) is 2. The van der Waals surface area contributed by atoms with Crippen LogP contribution in [0.2, 0.25) is 5.02 Å². The molecule has 1 atom stereocenters. The van der Waals surface area contributed by atoms with E-state index in [1.165, 1.54) is 23.1 Å². The van der Waals surface area contributed by atoms with E-state index < -0.39 is 17.4 Å². The molecule has 2 aromatic carbocycles. The van der Waals surface area contributed by atoms with Gasteiger partial charge in [0.2, 0.25) is 11.8 Å². The minimum atomic E-state index is -0.903. The molecule has 2 amide bonds. The van der Waals surface area contributed by atoms with E-state index in [4.69, 9.17) is 11.6 Å². The molecule has 30 heavy (non-hydrogen) atoms. The summed E-state index contributed by atoms with van der Waals surface area (Å²) in [4.78, 5) is 28.2. The van der Waals surface area contributed by atoms with E-state index in [0.717, 1.165) is 22.2 Å². The Morgan fingerprint density at radius 1 is 1.20 bits per heavy atom. The van der Waals surface area contributed by atoms with Crippen LogP contribution in [0.5, 0.6) is 0 Å². The number of aromatic nitrogens is 1. The smallest absolute Gasteiger partial charge is 0.249 e. The summed E-state index contributed by atoms with van der Waals surface area (Å²) < 4.78 is 15.7. The number of anilines is 1. The molecule has 1 aliphatic heterocycles. The second-order valence-corrected chi connectivity index (χ2v) is 9.03. The summed E-state index contributed by atoms with van der Waals surface area (Å²) in [5.41, 5.74) is 2.43. The van der Waals surface area contributed by atoms with Gasteiger partial charge in [-0.2, -0.15) is 0 Å². The monoisotopic (exact) mass is 427 g/mol. The summed E-state index contributed by atoms with van der Waals surface area (Å²) >= 11 is 5.99. The molecule has 5 nitrogen and oxygen atoms in total. The summed E-state index contributed by atoms with van der Waals surface area (Å²) in [6, 6.07) is 10.9. The van der Waals surface area contributed by atoms with Gasteiger partial charge in [-0.3, -0.25) is 14.5 Å². The molecule has 0 saturated heterocycles. The number of fused-ring (bicyclic) bond motifs is 3. The van der Waals surface area contributed by atoms with E-state index in [1.54, 1.807) is 0 Å². The van der Waals surface area contributed by atoms with E-state index >= 15 is 0 Å². The van der Waals surface area contributed by atoms with Gasteiger partial charge in [0.25, 0.3) is 0 Å². The van der Waals surface area contributed by atoms with Gasteiger partial charge in [0.1, 0.15) is 5.82 Å². The van der Waals surface area contributed by atoms with E-state index in [-0.39, 0.29) is 23.3 Å². The largest absolute Gasteiger partial charge is 0.349 e. The number of nitrogens with one attached hydrogen (secondary N) is 1. The highest BCUT2D eigenvalue weighted by Crippen LogP contribution is 2.40. The molecule has 0 spiro atoms.